The maximum Gasteiger partial charge on any atom is 0.265 e. The molecule has 0 atom stereocenters. The molecule has 0 unspecified atom stereocenters. The highest BCUT2D eigenvalue weighted by atomic mass is 35.5. The van der Waals surface area contributed by atoms with Crippen molar-refractivity contribution < 1.29 is 9.18 Å². The van der Waals surface area contributed by atoms with Gasteiger partial charge in [0, 0.05) is 11.4 Å². The van der Waals surface area contributed by atoms with Gasteiger partial charge >= 0.3 is 0 Å². The van der Waals surface area contributed by atoms with Crippen LogP contribution in [-0.4, -0.2) is 12.5 Å². The standard InChI is InChI=1S/C15H15FN2OS.ClH/c1-9-2-5-13(20-9)15(19)18-12-4-3-10-8-17-7-6-11(10)14(12)16;/h2-5,17H,6-8H2,1H3,(H,18,19);1H. The first-order valence-corrected chi connectivity index (χ1v) is 7.35. The molecule has 2 heterocycles. The molecule has 1 aliphatic rings. The van der Waals surface area contributed by atoms with Gasteiger partial charge in [-0.1, -0.05) is 6.07 Å². The summed E-state index contributed by atoms with van der Waals surface area (Å²) >= 11 is 1.41. The lowest BCUT2D eigenvalue weighted by molar-refractivity contribution is 0.103. The topological polar surface area (TPSA) is 41.1 Å². The van der Waals surface area contributed by atoms with Gasteiger partial charge in [-0.15, -0.1) is 23.7 Å². The lowest BCUT2D eigenvalue weighted by Gasteiger charge is -2.19. The van der Waals surface area contributed by atoms with Crippen LogP contribution in [0.15, 0.2) is 24.3 Å². The summed E-state index contributed by atoms with van der Waals surface area (Å²) in [5.74, 6) is -0.554. The number of fused-ring (bicyclic) bond motifs is 1. The molecular formula is C15H16ClFN2OS. The third-order valence-electron chi connectivity index (χ3n) is 3.42. The van der Waals surface area contributed by atoms with Crippen LogP contribution in [0.2, 0.25) is 0 Å². The SMILES string of the molecule is Cc1ccc(C(=O)Nc2ccc3c(c2F)CCNC3)s1.Cl. The summed E-state index contributed by atoms with van der Waals surface area (Å²) in [6, 6.07) is 7.16. The zero-order chi connectivity index (χ0) is 14.1. The van der Waals surface area contributed by atoms with Crippen molar-refractivity contribution >= 4 is 35.3 Å². The molecule has 1 aromatic carbocycles. The van der Waals surface area contributed by atoms with Crippen LogP contribution in [0.1, 0.15) is 25.7 Å². The lowest BCUT2D eigenvalue weighted by Crippen LogP contribution is -2.25. The second kappa shape index (κ2) is 6.56. The van der Waals surface area contributed by atoms with Crippen molar-refractivity contribution in [1.29, 1.82) is 0 Å². The van der Waals surface area contributed by atoms with Crippen LogP contribution in [0.4, 0.5) is 10.1 Å². The first-order chi connectivity index (χ1) is 9.65. The van der Waals surface area contributed by atoms with Crippen LogP contribution in [0, 0.1) is 12.7 Å². The number of hydrogen-bond donors (Lipinski definition) is 2. The second-order valence-corrected chi connectivity index (χ2v) is 6.14. The maximum absolute atomic E-state index is 14.4. The molecular weight excluding hydrogens is 311 g/mol. The van der Waals surface area contributed by atoms with Crippen LogP contribution < -0.4 is 10.6 Å². The van der Waals surface area contributed by atoms with Crippen LogP contribution in [0.25, 0.3) is 0 Å². The predicted molar refractivity (Wildman–Crippen MR) is 86.1 cm³/mol. The number of benzene rings is 1. The van der Waals surface area contributed by atoms with Crippen LogP contribution >= 0.6 is 23.7 Å². The molecule has 2 aromatic rings. The Morgan fingerprint density at radius 1 is 1.33 bits per heavy atom. The summed E-state index contributed by atoms with van der Waals surface area (Å²) < 4.78 is 14.4. The molecule has 0 aliphatic carbocycles. The Kier molecular flexibility index (Phi) is 4.98. The zero-order valence-electron chi connectivity index (χ0n) is 11.5. The lowest BCUT2D eigenvalue weighted by atomic mass is 9.99. The molecule has 3 rings (SSSR count). The fourth-order valence-electron chi connectivity index (χ4n) is 2.37. The highest BCUT2D eigenvalue weighted by molar-refractivity contribution is 7.14. The Bertz CT molecular complexity index is 672. The van der Waals surface area contributed by atoms with Gasteiger partial charge in [0.1, 0.15) is 5.82 Å². The number of carbonyl (C=O) groups is 1. The van der Waals surface area contributed by atoms with Crippen LogP contribution in [-0.2, 0) is 13.0 Å². The smallest absolute Gasteiger partial charge is 0.265 e. The molecule has 0 saturated carbocycles. The van der Waals surface area contributed by atoms with E-state index in [4.69, 9.17) is 0 Å². The van der Waals surface area contributed by atoms with E-state index < -0.39 is 0 Å². The van der Waals surface area contributed by atoms with Gasteiger partial charge in [-0.2, -0.15) is 0 Å². The van der Waals surface area contributed by atoms with Crippen molar-refractivity contribution in [3.63, 3.8) is 0 Å². The average molecular weight is 327 g/mol. The van der Waals surface area contributed by atoms with E-state index in [1.807, 2.05) is 19.1 Å². The maximum atomic E-state index is 14.4. The molecule has 1 amide bonds. The number of nitrogens with one attached hydrogen (secondary N) is 2. The fourth-order valence-corrected chi connectivity index (χ4v) is 3.13. The third-order valence-corrected chi connectivity index (χ3v) is 4.42. The van der Waals surface area contributed by atoms with Gasteiger partial charge in [-0.3, -0.25) is 4.79 Å². The van der Waals surface area contributed by atoms with Gasteiger partial charge in [-0.25, -0.2) is 4.39 Å². The number of hydrogen-bond acceptors (Lipinski definition) is 3. The predicted octanol–water partition coefficient (Wildman–Crippen LogP) is 3.52. The molecule has 21 heavy (non-hydrogen) atoms. The molecule has 1 aliphatic heterocycles. The van der Waals surface area contributed by atoms with Crippen molar-refractivity contribution in [2.45, 2.75) is 19.9 Å². The van der Waals surface area contributed by atoms with Crippen LogP contribution in [0.3, 0.4) is 0 Å². The summed E-state index contributed by atoms with van der Waals surface area (Å²) in [5, 5.41) is 5.87. The molecule has 2 N–H and O–H groups in total. The molecule has 0 bridgehead atoms. The average Bonchev–Trinajstić information content (AvgIpc) is 2.89. The minimum atomic E-state index is -0.300. The van der Waals surface area contributed by atoms with Gasteiger partial charge in [-0.05, 0) is 49.2 Å². The number of aryl methyl sites for hydroxylation is 1. The summed E-state index contributed by atoms with van der Waals surface area (Å²) in [6.07, 6.45) is 0.656. The molecule has 0 radical (unpaired) electrons. The molecule has 3 nitrogen and oxygen atoms in total. The number of amides is 1. The molecule has 0 spiro atoms. The monoisotopic (exact) mass is 326 g/mol. The fraction of sp³-hybridized carbons (Fsp3) is 0.267. The van der Waals surface area contributed by atoms with E-state index >= 15 is 0 Å². The van der Waals surface area contributed by atoms with Crippen LogP contribution in [0.5, 0.6) is 0 Å². The highest BCUT2D eigenvalue weighted by Gasteiger charge is 2.18. The Morgan fingerprint density at radius 2 is 2.14 bits per heavy atom. The number of rotatable bonds is 2. The summed E-state index contributed by atoms with van der Waals surface area (Å²) in [4.78, 5) is 13.7. The van der Waals surface area contributed by atoms with Crippen molar-refractivity contribution in [2.75, 3.05) is 11.9 Å². The normalized spacial score (nSPS) is 13.2. The van der Waals surface area contributed by atoms with Gasteiger partial charge < -0.3 is 10.6 Å². The van der Waals surface area contributed by atoms with E-state index in [1.54, 1.807) is 12.1 Å². The quantitative estimate of drug-likeness (QED) is 0.886. The van der Waals surface area contributed by atoms with Crippen molar-refractivity contribution in [1.82, 2.24) is 5.32 Å². The van der Waals surface area contributed by atoms with Gasteiger partial charge in [0.2, 0.25) is 0 Å². The molecule has 112 valence electrons. The number of thiophene rings is 1. The summed E-state index contributed by atoms with van der Waals surface area (Å²) in [5.41, 5.74) is 1.95. The third kappa shape index (κ3) is 3.26. The Hall–Kier alpha value is -1.43. The summed E-state index contributed by atoms with van der Waals surface area (Å²) in [7, 11) is 0. The Morgan fingerprint density at radius 3 is 2.86 bits per heavy atom. The molecule has 6 heteroatoms. The van der Waals surface area contributed by atoms with Crippen molar-refractivity contribution in [3.05, 3.63) is 51.0 Å². The Labute approximate surface area is 133 Å². The highest BCUT2D eigenvalue weighted by Crippen LogP contribution is 2.25. The van der Waals surface area contributed by atoms with Gasteiger partial charge in [0.25, 0.3) is 5.91 Å². The largest absolute Gasteiger partial charge is 0.319 e. The van der Waals surface area contributed by atoms with E-state index in [-0.39, 0.29) is 29.8 Å². The van der Waals surface area contributed by atoms with E-state index in [2.05, 4.69) is 10.6 Å². The number of carbonyl (C=O) groups excluding carboxylic acids is 1. The number of anilines is 1. The molecule has 0 fully saturated rings. The second-order valence-electron chi connectivity index (χ2n) is 4.86. The molecule has 1 aromatic heterocycles. The Balaban J connectivity index is 0.00000161. The summed E-state index contributed by atoms with van der Waals surface area (Å²) in [6.45, 7) is 3.39. The number of halogens is 2. The first-order valence-electron chi connectivity index (χ1n) is 6.54. The van der Waals surface area contributed by atoms with Gasteiger partial charge in [0.15, 0.2) is 0 Å². The zero-order valence-corrected chi connectivity index (χ0v) is 13.2. The van der Waals surface area contributed by atoms with E-state index in [1.165, 1.54) is 11.3 Å². The minimum absolute atomic E-state index is 0. The van der Waals surface area contributed by atoms with E-state index in [0.717, 1.165) is 17.0 Å². The van der Waals surface area contributed by atoms with Crippen molar-refractivity contribution in [3.8, 4) is 0 Å². The van der Waals surface area contributed by atoms with Gasteiger partial charge in [0.05, 0.1) is 10.6 Å². The van der Waals surface area contributed by atoms with E-state index in [9.17, 15) is 9.18 Å². The first kappa shape index (κ1) is 15.9. The van der Waals surface area contributed by atoms with E-state index in [0.29, 0.717) is 23.4 Å². The molecule has 0 saturated heterocycles. The van der Waals surface area contributed by atoms with Crippen molar-refractivity contribution in [2.24, 2.45) is 0 Å². The minimum Gasteiger partial charge on any atom is -0.319 e.